The highest BCUT2D eigenvalue weighted by Gasteiger charge is 2.17. The van der Waals surface area contributed by atoms with Gasteiger partial charge < -0.3 is 21.1 Å². The van der Waals surface area contributed by atoms with Crippen molar-refractivity contribution in [2.24, 2.45) is 5.73 Å². The molecule has 0 aromatic heterocycles. The second-order valence-corrected chi connectivity index (χ2v) is 5.34. The Balaban J connectivity index is 2.15. The fraction of sp³-hybridized carbons (Fsp3) is 0.222. The van der Waals surface area contributed by atoms with Crippen LogP contribution < -0.4 is 16.4 Å². The molecule has 0 unspecified atom stereocenters. The lowest BCUT2D eigenvalue weighted by atomic mass is 10.1. The molecule has 2 amide bonds. The van der Waals surface area contributed by atoms with Crippen molar-refractivity contribution in [2.45, 2.75) is 19.1 Å². The lowest BCUT2D eigenvalue weighted by Crippen LogP contribution is -2.28. The van der Waals surface area contributed by atoms with Gasteiger partial charge in [-0.2, -0.15) is 0 Å². The molecule has 0 radical (unpaired) electrons. The molecular formula is C18H21N3O3. The molecule has 0 spiro atoms. The first kappa shape index (κ1) is 17.5. The minimum absolute atomic E-state index is 0.246. The lowest BCUT2D eigenvalue weighted by Gasteiger charge is -2.18. The van der Waals surface area contributed by atoms with Crippen molar-refractivity contribution in [3.63, 3.8) is 0 Å². The lowest BCUT2D eigenvalue weighted by molar-refractivity contribution is -0.124. The third-order valence-corrected chi connectivity index (χ3v) is 3.58. The van der Waals surface area contributed by atoms with Crippen molar-refractivity contribution >= 4 is 23.2 Å². The van der Waals surface area contributed by atoms with Gasteiger partial charge in [-0.1, -0.05) is 36.4 Å². The predicted octanol–water partition coefficient (Wildman–Crippen LogP) is 2.30. The van der Waals surface area contributed by atoms with E-state index in [1.807, 2.05) is 30.3 Å². The van der Waals surface area contributed by atoms with E-state index in [0.29, 0.717) is 11.4 Å². The fourth-order valence-corrected chi connectivity index (χ4v) is 2.17. The Morgan fingerprint density at radius 2 is 1.71 bits per heavy atom. The van der Waals surface area contributed by atoms with Gasteiger partial charge in [0, 0.05) is 18.5 Å². The number of hydrogen-bond acceptors (Lipinski definition) is 4. The SMILES string of the molecule is CO[C@@H](C)C(=O)Nc1cccc(N[C@@H](C(N)=O)c2ccccc2)c1. The zero-order valence-electron chi connectivity index (χ0n) is 13.7. The third-order valence-electron chi connectivity index (χ3n) is 3.58. The van der Waals surface area contributed by atoms with Gasteiger partial charge in [0.25, 0.3) is 5.91 Å². The van der Waals surface area contributed by atoms with Crippen LogP contribution in [0, 0.1) is 0 Å². The summed E-state index contributed by atoms with van der Waals surface area (Å²) in [6, 6.07) is 15.6. The number of ether oxygens (including phenoxy) is 1. The topological polar surface area (TPSA) is 93.4 Å². The molecule has 4 N–H and O–H groups in total. The van der Waals surface area contributed by atoms with Crippen molar-refractivity contribution in [3.8, 4) is 0 Å². The molecule has 0 fully saturated rings. The minimum Gasteiger partial charge on any atom is -0.372 e. The van der Waals surface area contributed by atoms with Gasteiger partial charge >= 0.3 is 0 Å². The molecule has 0 heterocycles. The molecule has 0 aliphatic heterocycles. The number of benzene rings is 2. The number of nitrogens with one attached hydrogen (secondary N) is 2. The standard InChI is InChI=1S/C18H21N3O3/c1-12(24-2)18(23)21-15-10-6-9-14(11-15)20-16(17(19)22)13-7-4-3-5-8-13/h3-12,16,20H,1-2H3,(H2,19,22)(H,21,23)/t12-,16+/m0/s1. The number of primary amides is 1. The first-order valence-corrected chi connectivity index (χ1v) is 7.55. The molecule has 0 saturated heterocycles. The quantitative estimate of drug-likeness (QED) is 0.727. The van der Waals surface area contributed by atoms with E-state index in [1.54, 1.807) is 31.2 Å². The maximum absolute atomic E-state index is 11.9. The smallest absolute Gasteiger partial charge is 0.253 e. The number of rotatable bonds is 7. The molecule has 126 valence electrons. The Bertz CT molecular complexity index is 704. The van der Waals surface area contributed by atoms with Crippen molar-refractivity contribution in [1.29, 1.82) is 0 Å². The number of amides is 2. The zero-order chi connectivity index (χ0) is 17.5. The number of carbonyl (C=O) groups excluding carboxylic acids is 2. The van der Waals surface area contributed by atoms with Crippen LogP contribution in [0.4, 0.5) is 11.4 Å². The van der Waals surface area contributed by atoms with E-state index in [-0.39, 0.29) is 5.91 Å². The second kappa shape index (κ2) is 8.12. The molecule has 2 rings (SSSR count). The first-order valence-electron chi connectivity index (χ1n) is 7.55. The second-order valence-electron chi connectivity index (χ2n) is 5.34. The third kappa shape index (κ3) is 4.57. The van der Waals surface area contributed by atoms with Gasteiger partial charge in [0.2, 0.25) is 5.91 Å². The van der Waals surface area contributed by atoms with Gasteiger partial charge in [-0.15, -0.1) is 0 Å². The number of nitrogens with two attached hydrogens (primary N) is 1. The number of carbonyl (C=O) groups is 2. The summed E-state index contributed by atoms with van der Waals surface area (Å²) in [7, 11) is 1.47. The van der Waals surface area contributed by atoms with Crippen LogP contribution in [0.3, 0.4) is 0 Å². The van der Waals surface area contributed by atoms with E-state index in [0.717, 1.165) is 5.56 Å². The highest BCUT2D eigenvalue weighted by atomic mass is 16.5. The maximum Gasteiger partial charge on any atom is 0.253 e. The molecule has 2 aromatic carbocycles. The van der Waals surface area contributed by atoms with Gasteiger partial charge in [-0.3, -0.25) is 9.59 Å². The van der Waals surface area contributed by atoms with E-state index in [1.165, 1.54) is 7.11 Å². The normalized spacial score (nSPS) is 12.9. The van der Waals surface area contributed by atoms with Gasteiger partial charge in [0.05, 0.1) is 0 Å². The van der Waals surface area contributed by atoms with Crippen LogP contribution in [0.15, 0.2) is 54.6 Å². The summed E-state index contributed by atoms with van der Waals surface area (Å²) in [5.41, 5.74) is 7.55. The van der Waals surface area contributed by atoms with E-state index in [4.69, 9.17) is 10.5 Å². The van der Waals surface area contributed by atoms with E-state index < -0.39 is 18.1 Å². The van der Waals surface area contributed by atoms with Crippen LogP contribution in [-0.2, 0) is 14.3 Å². The average molecular weight is 327 g/mol. The van der Waals surface area contributed by atoms with Crippen LogP contribution in [-0.4, -0.2) is 25.0 Å². The summed E-state index contributed by atoms with van der Waals surface area (Å²) < 4.78 is 4.98. The molecule has 24 heavy (non-hydrogen) atoms. The number of hydrogen-bond donors (Lipinski definition) is 3. The van der Waals surface area contributed by atoms with E-state index in [9.17, 15) is 9.59 Å². The van der Waals surface area contributed by atoms with E-state index >= 15 is 0 Å². The maximum atomic E-state index is 11.9. The molecule has 0 bridgehead atoms. The predicted molar refractivity (Wildman–Crippen MR) is 93.5 cm³/mol. The Kier molecular flexibility index (Phi) is 5.92. The molecular weight excluding hydrogens is 306 g/mol. The Morgan fingerprint density at radius 3 is 2.33 bits per heavy atom. The molecule has 0 saturated carbocycles. The Labute approximate surface area is 141 Å². The van der Waals surface area contributed by atoms with Crippen LogP contribution in [0.25, 0.3) is 0 Å². The Morgan fingerprint density at radius 1 is 1.04 bits per heavy atom. The molecule has 0 aliphatic carbocycles. The van der Waals surface area contributed by atoms with Crippen molar-refractivity contribution < 1.29 is 14.3 Å². The van der Waals surface area contributed by atoms with Crippen molar-refractivity contribution in [1.82, 2.24) is 0 Å². The summed E-state index contributed by atoms with van der Waals surface area (Å²) in [6.45, 7) is 1.66. The summed E-state index contributed by atoms with van der Waals surface area (Å²) >= 11 is 0. The molecule has 6 nitrogen and oxygen atoms in total. The van der Waals surface area contributed by atoms with Crippen LogP contribution in [0.2, 0.25) is 0 Å². The monoisotopic (exact) mass is 327 g/mol. The summed E-state index contributed by atoms with van der Waals surface area (Å²) in [6.07, 6.45) is -0.552. The summed E-state index contributed by atoms with van der Waals surface area (Å²) in [4.78, 5) is 23.6. The van der Waals surface area contributed by atoms with Crippen molar-refractivity contribution in [3.05, 3.63) is 60.2 Å². The summed E-state index contributed by atoms with van der Waals surface area (Å²) in [5.74, 6) is -0.729. The minimum atomic E-state index is -0.657. The fourth-order valence-electron chi connectivity index (χ4n) is 2.17. The number of methoxy groups -OCH3 is 1. The van der Waals surface area contributed by atoms with Crippen LogP contribution >= 0.6 is 0 Å². The van der Waals surface area contributed by atoms with Crippen molar-refractivity contribution in [2.75, 3.05) is 17.7 Å². The molecule has 2 atom stereocenters. The highest BCUT2D eigenvalue weighted by molar-refractivity contribution is 5.94. The van der Waals surface area contributed by atoms with Gasteiger partial charge in [-0.25, -0.2) is 0 Å². The molecule has 2 aromatic rings. The highest BCUT2D eigenvalue weighted by Crippen LogP contribution is 2.22. The first-order chi connectivity index (χ1) is 11.5. The van der Waals surface area contributed by atoms with Gasteiger partial charge in [0.1, 0.15) is 12.1 Å². The summed E-state index contributed by atoms with van der Waals surface area (Å²) in [5, 5.41) is 5.85. The van der Waals surface area contributed by atoms with E-state index in [2.05, 4.69) is 10.6 Å². The van der Waals surface area contributed by atoms with Gasteiger partial charge in [0.15, 0.2) is 0 Å². The number of anilines is 2. The zero-order valence-corrected chi connectivity index (χ0v) is 13.7. The van der Waals surface area contributed by atoms with Crippen LogP contribution in [0.1, 0.15) is 18.5 Å². The van der Waals surface area contributed by atoms with Crippen LogP contribution in [0.5, 0.6) is 0 Å². The molecule has 6 heteroatoms. The van der Waals surface area contributed by atoms with Gasteiger partial charge in [-0.05, 0) is 30.7 Å². The molecule has 0 aliphatic rings. The largest absolute Gasteiger partial charge is 0.372 e. The average Bonchev–Trinajstić information content (AvgIpc) is 2.59. The Hall–Kier alpha value is -2.86.